The van der Waals surface area contributed by atoms with E-state index in [4.69, 9.17) is 16.0 Å². The number of hydrogen-bond acceptors (Lipinski definition) is 4. The number of hydrogen-bond donors (Lipinski definition) is 0. The number of rotatable bonds is 2. The fraction of sp³-hybridized carbons (Fsp3) is 0. The zero-order chi connectivity index (χ0) is 13.4. The van der Waals surface area contributed by atoms with E-state index in [2.05, 4.69) is 4.98 Å². The molecule has 3 rings (SSSR count). The van der Waals surface area contributed by atoms with Crippen LogP contribution in [0.1, 0.15) is 0 Å². The molecule has 0 fully saturated rings. The molecule has 0 radical (unpaired) electrons. The maximum absolute atomic E-state index is 10.9. The maximum Gasteiger partial charge on any atom is 0.227 e. The molecule has 0 bridgehead atoms. The summed E-state index contributed by atoms with van der Waals surface area (Å²) in [5.41, 5.74) is 1.77. The predicted octanol–water partition coefficient (Wildman–Crippen LogP) is 3.39. The summed E-state index contributed by atoms with van der Waals surface area (Å²) in [6, 6.07) is 11.6. The molecule has 0 N–H and O–H groups in total. The number of oxazole rings is 1. The van der Waals surface area contributed by atoms with Crippen LogP contribution < -0.4 is 0 Å². The minimum atomic E-state index is -2.28. The van der Waals surface area contributed by atoms with E-state index in [1.807, 2.05) is 6.07 Å². The molecular weight excluding hydrogens is 286 g/mol. The third-order valence-electron chi connectivity index (χ3n) is 2.62. The van der Waals surface area contributed by atoms with Crippen molar-refractivity contribution in [3.8, 4) is 11.5 Å². The SMILES string of the molecule is O=S([O-])c1ccc2nc(-c3cccc(Cl)c3)oc2c1. The molecule has 0 spiro atoms. The van der Waals surface area contributed by atoms with Gasteiger partial charge < -0.3 is 8.97 Å². The van der Waals surface area contributed by atoms with Gasteiger partial charge in [-0.1, -0.05) is 17.7 Å². The van der Waals surface area contributed by atoms with Crippen LogP contribution in [0.25, 0.3) is 22.6 Å². The number of benzene rings is 2. The lowest BCUT2D eigenvalue weighted by molar-refractivity contribution is 0.536. The third-order valence-corrected chi connectivity index (χ3v) is 3.50. The van der Waals surface area contributed by atoms with Gasteiger partial charge in [0.15, 0.2) is 5.58 Å². The molecule has 96 valence electrons. The quantitative estimate of drug-likeness (QED) is 0.679. The van der Waals surface area contributed by atoms with Crippen molar-refractivity contribution in [2.24, 2.45) is 0 Å². The lowest BCUT2D eigenvalue weighted by Crippen LogP contribution is -1.86. The first-order chi connectivity index (χ1) is 9.13. The summed E-state index contributed by atoms with van der Waals surface area (Å²) in [6.45, 7) is 0. The molecule has 4 nitrogen and oxygen atoms in total. The molecule has 19 heavy (non-hydrogen) atoms. The lowest BCUT2D eigenvalue weighted by Gasteiger charge is -2.02. The summed E-state index contributed by atoms with van der Waals surface area (Å²) in [4.78, 5) is 4.47. The van der Waals surface area contributed by atoms with Gasteiger partial charge in [-0.2, -0.15) is 0 Å². The molecule has 6 heteroatoms. The molecule has 2 aromatic carbocycles. The van der Waals surface area contributed by atoms with E-state index >= 15 is 0 Å². The van der Waals surface area contributed by atoms with E-state index in [1.54, 1.807) is 24.3 Å². The molecule has 0 saturated carbocycles. The summed E-state index contributed by atoms with van der Waals surface area (Å²) in [7, 11) is 0. The Labute approximate surface area is 116 Å². The Bertz CT molecular complexity index is 784. The summed E-state index contributed by atoms with van der Waals surface area (Å²) in [6.07, 6.45) is 0. The van der Waals surface area contributed by atoms with Crippen LogP contribution in [0.4, 0.5) is 0 Å². The van der Waals surface area contributed by atoms with Crippen molar-refractivity contribution in [2.75, 3.05) is 0 Å². The Morgan fingerprint density at radius 1 is 1.21 bits per heavy atom. The number of aromatic nitrogens is 1. The topological polar surface area (TPSA) is 66.2 Å². The van der Waals surface area contributed by atoms with E-state index in [1.165, 1.54) is 12.1 Å². The standard InChI is InChI=1S/C13H8ClNO3S/c14-9-3-1-2-8(6-9)13-15-11-5-4-10(19(16)17)7-12(11)18-13/h1-7H,(H,16,17)/p-1. The first-order valence-corrected chi connectivity index (χ1v) is 6.84. The number of nitrogens with zero attached hydrogens (tertiary/aromatic N) is 1. The predicted molar refractivity (Wildman–Crippen MR) is 71.6 cm³/mol. The molecule has 0 aliphatic heterocycles. The van der Waals surface area contributed by atoms with Crippen molar-refractivity contribution in [3.63, 3.8) is 0 Å². The Morgan fingerprint density at radius 3 is 2.79 bits per heavy atom. The van der Waals surface area contributed by atoms with Gasteiger partial charge in [0.25, 0.3) is 0 Å². The smallest absolute Gasteiger partial charge is 0.227 e. The van der Waals surface area contributed by atoms with Gasteiger partial charge in [-0.15, -0.1) is 0 Å². The van der Waals surface area contributed by atoms with Crippen molar-refractivity contribution in [3.05, 3.63) is 47.5 Å². The molecule has 0 saturated heterocycles. The number of fused-ring (bicyclic) bond motifs is 1. The molecule has 1 atom stereocenters. The zero-order valence-corrected chi connectivity index (χ0v) is 11.1. The van der Waals surface area contributed by atoms with Crippen LogP contribution >= 0.6 is 11.6 Å². The minimum Gasteiger partial charge on any atom is -0.768 e. The molecule has 3 aromatic rings. The van der Waals surface area contributed by atoms with E-state index in [0.717, 1.165) is 5.56 Å². The molecule has 1 aromatic heterocycles. The average molecular weight is 293 g/mol. The van der Waals surface area contributed by atoms with Crippen LogP contribution in [0.15, 0.2) is 51.8 Å². The van der Waals surface area contributed by atoms with Gasteiger partial charge in [0.1, 0.15) is 5.52 Å². The molecular formula is C13H7ClNO3S-. The third kappa shape index (κ3) is 2.40. The lowest BCUT2D eigenvalue weighted by atomic mass is 10.2. The van der Waals surface area contributed by atoms with Crippen LogP contribution in [0.2, 0.25) is 5.02 Å². The van der Waals surface area contributed by atoms with Crippen LogP contribution in [-0.4, -0.2) is 13.7 Å². The zero-order valence-electron chi connectivity index (χ0n) is 9.50. The van der Waals surface area contributed by atoms with Gasteiger partial charge in [0.2, 0.25) is 5.89 Å². The molecule has 0 aliphatic carbocycles. The van der Waals surface area contributed by atoms with Crippen molar-refractivity contribution < 1.29 is 13.2 Å². The fourth-order valence-electron chi connectivity index (χ4n) is 1.75. The molecule has 1 unspecified atom stereocenters. The summed E-state index contributed by atoms with van der Waals surface area (Å²) < 4.78 is 27.3. The Balaban J connectivity index is 2.14. The van der Waals surface area contributed by atoms with Crippen LogP contribution in [0.3, 0.4) is 0 Å². The van der Waals surface area contributed by atoms with E-state index in [-0.39, 0.29) is 4.90 Å². The summed E-state index contributed by atoms with van der Waals surface area (Å²) in [5.74, 6) is 0.409. The highest BCUT2D eigenvalue weighted by atomic mass is 35.5. The van der Waals surface area contributed by atoms with Gasteiger partial charge in [-0.25, -0.2) is 4.98 Å². The number of halogens is 1. The van der Waals surface area contributed by atoms with Gasteiger partial charge >= 0.3 is 0 Å². The van der Waals surface area contributed by atoms with E-state index < -0.39 is 11.1 Å². The highest BCUT2D eigenvalue weighted by molar-refractivity contribution is 7.79. The largest absolute Gasteiger partial charge is 0.768 e. The molecule has 0 amide bonds. The Kier molecular flexibility index (Phi) is 3.10. The normalized spacial score (nSPS) is 12.7. The van der Waals surface area contributed by atoms with Crippen molar-refractivity contribution >= 4 is 33.8 Å². The Hall–Kier alpha value is -1.69. The molecule has 1 heterocycles. The van der Waals surface area contributed by atoms with Crippen molar-refractivity contribution in [1.82, 2.24) is 4.98 Å². The van der Waals surface area contributed by atoms with Crippen LogP contribution in [-0.2, 0) is 11.1 Å². The average Bonchev–Trinajstić information content (AvgIpc) is 2.81. The minimum absolute atomic E-state index is 0.168. The fourth-order valence-corrected chi connectivity index (χ4v) is 2.33. The monoisotopic (exact) mass is 292 g/mol. The van der Waals surface area contributed by atoms with Crippen LogP contribution in [0.5, 0.6) is 0 Å². The first-order valence-electron chi connectivity index (χ1n) is 5.39. The summed E-state index contributed by atoms with van der Waals surface area (Å²) >= 11 is 3.63. The van der Waals surface area contributed by atoms with Gasteiger partial charge in [-0.05, 0) is 47.5 Å². The van der Waals surface area contributed by atoms with Gasteiger partial charge in [-0.3, -0.25) is 4.21 Å². The maximum atomic E-state index is 10.9. The highest BCUT2D eigenvalue weighted by Gasteiger charge is 2.09. The van der Waals surface area contributed by atoms with Gasteiger partial charge in [0.05, 0.1) is 0 Å². The van der Waals surface area contributed by atoms with E-state index in [0.29, 0.717) is 22.0 Å². The second-order valence-corrected chi connectivity index (χ2v) is 5.27. The second-order valence-electron chi connectivity index (χ2n) is 3.89. The van der Waals surface area contributed by atoms with Crippen molar-refractivity contribution in [1.29, 1.82) is 0 Å². The van der Waals surface area contributed by atoms with Crippen LogP contribution in [0, 0.1) is 0 Å². The summed E-state index contributed by atoms with van der Waals surface area (Å²) in [5, 5.41) is 0.584. The Morgan fingerprint density at radius 2 is 2.05 bits per heavy atom. The second kappa shape index (κ2) is 4.77. The highest BCUT2D eigenvalue weighted by Crippen LogP contribution is 2.27. The van der Waals surface area contributed by atoms with Gasteiger partial charge in [0, 0.05) is 15.5 Å². The van der Waals surface area contributed by atoms with Crippen molar-refractivity contribution in [2.45, 2.75) is 4.90 Å². The first kappa shape index (κ1) is 12.3. The van der Waals surface area contributed by atoms with E-state index in [9.17, 15) is 8.76 Å². The molecule has 0 aliphatic rings.